The third kappa shape index (κ3) is 4.04. The first-order valence-electron chi connectivity index (χ1n) is 6.05. The third-order valence-corrected chi connectivity index (χ3v) is 3.50. The molecule has 4 nitrogen and oxygen atoms in total. The second-order valence-electron chi connectivity index (χ2n) is 4.09. The molecule has 0 saturated heterocycles. The SMILES string of the molecule is CO[C@@H](CNC(=O)Nc1cccs1)c1cccc(F)c1. The first-order chi connectivity index (χ1) is 9.69. The zero-order valence-electron chi connectivity index (χ0n) is 10.9. The molecular formula is C14H15FN2O2S. The second-order valence-corrected chi connectivity index (χ2v) is 5.04. The highest BCUT2D eigenvalue weighted by Crippen LogP contribution is 2.17. The van der Waals surface area contributed by atoms with Crippen LogP contribution >= 0.6 is 11.3 Å². The van der Waals surface area contributed by atoms with Crippen LogP contribution in [-0.4, -0.2) is 19.7 Å². The number of hydrogen-bond donors (Lipinski definition) is 2. The molecule has 1 atom stereocenters. The summed E-state index contributed by atoms with van der Waals surface area (Å²) < 4.78 is 18.4. The number of amides is 2. The highest BCUT2D eigenvalue weighted by atomic mass is 32.1. The Labute approximate surface area is 120 Å². The van der Waals surface area contributed by atoms with Gasteiger partial charge in [-0.15, -0.1) is 11.3 Å². The summed E-state index contributed by atoms with van der Waals surface area (Å²) in [5, 5.41) is 8.04. The highest BCUT2D eigenvalue weighted by Gasteiger charge is 2.12. The number of methoxy groups -OCH3 is 1. The Morgan fingerprint density at radius 2 is 2.25 bits per heavy atom. The normalized spacial score (nSPS) is 11.9. The minimum absolute atomic E-state index is 0.261. The molecule has 0 saturated carbocycles. The molecule has 0 radical (unpaired) electrons. The number of carbonyl (C=O) groups excluding carboxylic acids is 1. The van der Waals surface area contributed by atoms with Crippen LogP contribution in [-0.2, 0) is 4.74 Å². The first kappa shape index (κ1) is 14.5. The number of anilines is 1. The van der Waals surface area contributed by atoms with Crippen molar-refractivity contribution in [1.82, 2.24) is 5.32 Å². The summed E-state index contributed by atoms with van der Waals surface area (Å²) in [7, 11) is 1.52. The number of rotatable bonds is 5. The van der Waals surface area contributed by atoms with Gasteiger partial charge in [-0.2, -0.15) is 0 Å². The van der Waals surface area contributed by atoms with Gasteiger partial charge in [0.15, 0.2) is 0 Å². The molecule has 0 aliphatic heterocycles. The summed E-state index contributed by atoms with van der Waals surface area (Å²) in [6.07, 6.45) is -0.389. The minimum atomic E-state index is -0.389. The van der Waals surface area contributed by atoms with Gasteiger partial charge in [-0.25, -0.2) is 9.18 Å². The lowest BCUT2D eigenvalue weighted by Gasteiger charge is -2.16. The number of hydrogen-bond acceptors (Lipinski definition) is 3. The van der Waals surface area contributed by atoms with Crippen molar-refractivity contribution in [3.05, 3.63) is 53.2 Å². The Hall–Kier alpha value is -1.92. The quantitative estimate of drug-likeness (QED) is 0.888. The van der Waals surface area contributed by atoms with Crippen LogP contribution in [0.2, 0.25) is 0 Å². The summed E-state index contributed by atoms with van der Waals surface area (Å²) in [6.45, 7) is 0.261. The molecule has 2 aromatic rings. The Morgan fingerprint density at radius 1 is 1.40 bits per heavy atom. The van der Waals surface area contributed by atoms with Crippen molar-refractivity contribution in [1.29, 1.82) is 0 Å². The molecule has 1 heterocycles. The van der Waals surface area contributed by atoms with Gasteiger partial charge in [0, 0.05) is 13.7 Å². The monoisotopic (exact) mass is 294 g/mol. The summed E-state index contributed by atoms with van der Waals surface area (Å²) in [4.78, 5) is 11.7. The van der Waals surface area contributed by atoms with Crippen molar-refractivity contribution in [2.24, 2.45) is 0 Å². The molecule has 106 valence electrons. The summed E-state index contributed by atoms with van der Waals surface area (Å²) in [5.74, 6) is -0.326. The zero-order chi connectivity index (χ0) is 14.4. The Bertz CT molecular complexity index is 560. The van der Waals surface area contributed by atoms with Crippen LogP contribution < -0.4 is 10.6 Å². The van der Waals surface area contributed by atoms with Crippen molar-refractivity contribution < 1.29 is 13.9 Å². The molecule has 2 amide bonds. The number of benzene rings is 1. The molecule has 0 bridgehead atoms. The van der Waals surface area contributed by atoms with Crippen LogP contribution in [0.3, 0.4) is 0 Å². The van der Waals surface area contributed by atoms with E-state index in [9.17, 15) is 9.18 Å². The lowest BCUT2D eigenvalue weighted by Crippen LogP contribution is -2.32. The van der Waals surface area contributed by atoms with Gasteiger partial charge in [-0.05, 0) is 35.2 Å². The van der Waals surface area contributed by atoms with Gasteiger partial charge in [-0.3, -0.25) is 5.32 Å². The maximum Gasteiger partial charge on any atom is 0.319 e. The number of urea groups is 1. The van der Waals surface area contributed by atoms with Crippen molar-refractivity contribution in [2.75, 3.05) is 19.0 Å². The van der Waals surface area contributed by atoms with E-state index in [0.29, 0.717) is 5.56 Å². The number of thiophene rings is 1. The number of carbonyl (C=O) groups is 1. The van der Waals surface area contributed by atoms with Crippen molar-refractivity contribution in [3.8, 4) is 0 Å². The van der Waals surface area contributed by atoms with E-state index in [1.54, 1.807) is 12.1 Å². The predicted molar refractivity (Wildman–Crippen MR) is 77.5 cm³/mol. The molecule has 0 fully saturated rings. The van der Waals surface area contributed by atoms with Crippen LogP contribution in [0.1, 0.15) is 11.7 Å². The molecule has 0 unspecified atom stereocenters. The zero-order valence-corrected chi connectivity index (χ0v) is 11.7. The highest BCUT2D eigenvalue weighted by molar-refractivity contribution is 7.14. The van der Waals surface area contributed by atoms with Crippen molar-refractivity contribution >= 4 is 22.4 Å². The fourth-order valence-electron chi connectivity index (χ4n) is 1.74. The van der Waals surface area contributed by atoms with E-state index < -0.39 is 0 Å². The molecule has 2 rings (SSSR count). The van der Waals surface area contributed by atoms with Gasteiger partial charge >= 0.3 is 6.03 Å². The van der Waals surface area contributed by atoms with E-state index in [1.807, 2.05) is 17.5 Å². The molecule has 6 heteroatoms. The lowest BCUT2D eigenvalue weighted by molar-refractivity contribution is 0.104. The van der Waals surface area contributed by atoms with E-state index in [-0.39, 0.29) is 24.5 Å². The molecule has 1 aromatic heterocycles. The maximum absolute atomic E-state index is 13.2. The topological polar surface area (TPSA) is 50.4 Å². The van der Waals surface area contributed by atoms with Crippen molar-refractivity contribution in [2.45, 2.75) is 6.10 Å². The lowest BCUT2D eigenvalue weighted by atomic mass is 10.1. The van der Waals surface area contributed by atoms with E-state index in [1.165, 1.54) is 30.6 Å². The molecule has 1 aromatic carbocycles. The van der Waals surface area contributed by atoms with Crippen LogP contribution in [0.25, 0.3) is 0 Å². The van der Waals surface area contributed by atoms with Gasteiger partial charge in [0.1, 0.15) is 5.82 Å². The van der Waals surface area contributed by atoms with Gasteiger partial charge < -0.3 is 10.1 Å². The Morgan fingerprint density at radius 3 is 2.90 bits per heavy atom. The smallest absolute Gasteiger partial charge is 0.319 e. The Balaban J connectivity index is 1.89. The van der Waals surface area contributed by atoms with E-state index in [2.05, 4.69) is 10.6 Å². The van der Waals surface area contributed by atoms with E-state index >= 15 is 0 Å². The molecule has 2 N–H and O–H groups in total. The van der Waals surface area contributed by atoms with Crippen LogP contribution in [0.4, 0.5) is 14.2 Å². The second kappa shape index (κ2) is 7.02. The minimum Gasteiger partial charge on any atom is -0.375 e. The van der Waals surface area contributed by atoms with Crippen LogP contribution in [0.5, 0.6) is 0 Å². The molecule has 20 heavy (non-hydrogen) atoms. The summed E-state index contributed by atoms with van der Waals surface area (Å²) in [5.41, 5.74) is 0.684. The fourth-order valence-corrected chi connectivity index (χ4v) is 2.35. The largest absolute Gasteiger partial charge is 0.375 e. The van der Waals surface area contributed by atoms with E-state index in [4.69, 9.17) is 4.74 Å². The Kier molecular flexibility index (Phi) is 5.09. The van der Waals surface area contributed by atoms with Gasteiger partial charge in [0.2, 0.25) is 0 Å². The molecule has 0 aliphatic rings. The standard InChI is InChI=1S/C14H15FN2O2S/c1-19-12(10-4-2-5-11(15)8-10)9-16-14(18)17-13-6-3-7-20-13/h2-8,12H,9H2,1H3,(H2,16,17,18)/t12-/m0/s1. The third-order valence-electron chi connectivity index (χ3n) is 2.71. The van der Waals surface area contributed by atoms with Crippen LogP contribution in [0, 0.1) is 5.82 Å². The summed E-state index contributed by atoms with van der Waals surface area (Å²) >= 11 is 1.44. The van der Waals surface area contributed by atoms with Gasteiger partial charge in [0.25, 0.3) is 0 Å². The molecular weight excluding hydrogens is 279 g/mol. The number of nitrogens with one attached hydrogen (secondary N) is 2. The van der Waals surface area contributed by atoms with E-state index in [0.717, 1.165) is 5.00 Å². The first-order valence-corrected chi connectivity index (χ1v) is 6.93. The molecule has 0 aliphatic carbocycles. The number of halogens is 1. The predicted octanol–water partition coefficient (Wildman–Crippen LogP) is 3.40. The average Bonchev–Trinajstić information content (AvgIpc) is 2.92. The maximum atomic E-state index is 13.2. The van der Waals surface area contributed by atoms with Gasteiger partial charge in [-0.1, -0.05) is 12.1 Å². The summed E-state index contributed by atoms with van der Waals surface area (Å²) in [6, 6.07) is 9.49. The van der Waals surface area contributed by atoms with Crippen LogP contribution in [0.15, 0.2) is 41.8 Å². The average molecular weight is 294 g/mol. The molecule has 0 spiro atoms. The number of ether oxygens (including phenoxy) is 1. The fraction of sp³-hybridized carbons (Fsp3) is 0.214. The van der Waals surface area contributed by atoms with Crippen molar-refractivity contribution in [3.63, 3.8) is 0 Å². The van der Waals surface area contributed by atoms with Gasteiger partial charge in [0.05, 0.1) is 11.1 Å².